The van der Waals surface area contributed by atoms with E-state index < -0.39 is 11.2 Å². The summed E-state index contributed by atoms with van der Waals surface area (Å²) in [6.45, 7) is 5.75. The molecule has 0 aliphatic rings. The van der Waals surface area contributed by atoms with Crippen LogP contribution in [0.1, 0.15) is 23.6 Å². The highest BCUT2D eigenvalue weighted by molar-refractivity contribution is 5.36. The molecule has 1 aromatic heterocycles. The van der Waals surface area contributed by atoms with E-state index in [1.54, 1.807) is 0 Å². The fourth-order valence-electron chi connectivity index (χ4n) is 2.01. The molecule has 100 valence electrons. The van der Waals surface area contributed by atoms with E-state index in [-0.39, 0.29) is 5.88 Å². The van der Waals surface area contributed by atoms with Gasteiger partial charge >= 0.3 is 5.69 Å². The SMILES string of the molecule is CCc1c(Oc2cc(C)cc(C)c2)[nH]c(=O)[nH]c1=O. The van der Waals surface area contributed by atoms with Crippen molar-refractivity contribution in [2.24, 2.45) is 0 Å². The molecular weight excluding hydrogens is 244 g/mol. The molecule has 2 N–H and O–H groups in total. The van der Waals surface area contributed by atoms with Crippen molar-refractivity contribution in [2.75, 3.05) is 0 Å². The summed E-state index contributed by atoms with van der Waals surface area (Å²) in [4.78, 5) is 27.7. The maximum atomic E-state index is 11.7. The van der Waals surface area contributed by atoms with Crippen LogP contribution in [0, 0.1) is 13.8 Å². The Balaban J connectivity index is 2.48. The topological polar surface area (TPSA) is 75.0 Å². The minimum Gasteiger partial charge on any atom is -0.440 e. The highest BCUT2D eigenvalue weighted by Crippen LogP contribution is 2.23. The molecule has 0 spiro atoms. The lowest BCUT2D eigenvalue weighted by molar-refractivity contribution is 0.450. The maximum absolute atomic E-state index is 11.7. The van der Waals surface area contributed by atoms with Crippen molar-refractivity contribution in [3.05, 3.63) is 55.7 Å². The summed E-state index contributed by atoms with van der Waals surface area (Å²) in [5, 5.41) is 0. The van der Waals surface area contributed by atoms with Gasteiger partial charge in [-0.25, -0.2) is 4.79 Å². The first-order chi connectivity index (χ1) is 8.99. The van der Waals surface area contributed by atoms with E-state index in [2.05, 4.69) is 9.97 Å². The molecule has 0 unspecified atom stereocenters. The molecule has 0 amide bonds. The van der Waals surface area contributed by atoms with Crippen LogP contribution in [0.2, 0.25) is 0 Å². The number of hydrogen-bond acceptors (Lipinski definition) is 3. The van der Waals surface area contributed by atoms with Crippen molar-refractivity contribution in [1.82, 2.24) is 9.97 Å². The van der Waals surface area contributed by atoms with E-state index in [4.69, 9.17) is 4.74 Å². The van der Waals surface area contributed by atoms with E-state index in [0.717, 1.165) is 11.1 Å². The van der Waals surface area contributed by atoms with Gasteiger partial charge in [0.1, 0.15) is 5.75 Å². The summed E-state index contributed by atoms with van der Waals surface area (Å²) in [6.07, 6.45) is 0.478. The van der Waals surface area contributed by atoms with Gasteiger partial charge < -0.3 is 4.74 Å². The van der Waals surface area contributed by atoms with Gasteiger partial charge in [-0.05, 0) is 43.5 Å². The molecule has 2 rings (SSSR count). The van der Waals surface area contributed by atoms with Crippen molar-refractivity contribution < 1.29 is 4.74 Å². The molecule has 1 aromatic carbocycles. The number of hydrogen-bond donors (Lipinski definition) is 2. The van der Waals surface area contributed by atoms with Crippen molar-refractivity contribution >= 4 is 0 Å². The van der Waals surface area contributed by atoms with Crippen molar-refractivity contribution in [3.8, 4) is 11.6 Å². The Bertz CT molecular complexity index is 693. The Morgan fingerprint density at radius 3 is 2.26 bits per heavy atom. The number of aryl methyl sites for hydroxylation is 2. The molecule has 0 radical (unpaired) electrons. The third kappa shape index (κ3) is 2.93. The van der Waals surface area contributed by atoms with Gasteiger partial charge in [-0.3, -0.25) is 14.8 Å². The van der Waals surface area contributed by atoms with E-state index in [1.165, 1.54) is 0 Å². The van der Waals surface area contributed by atoms with E-state index >= 15 is 0 Å². The average Bonchev–Trinajstić information content (AvgIpc) is 2.26. The molecule has 5 nitrogen and oxygen atoms in total. The molecule has 0 atom stereocenters. The zero-order valence-corrected chi connectivity index (χ0v) is 11.2. The number of nitrogens with one attached hydrogen (secondary N) is 2. The van der Waals surface area contributed by atoms with Crippen molar-refractivity contribution in [1.29, 1.82) is 0 Å². The molecule has 0 aliphatic carbocycles. The predicted molar refractivity (Wildman–Crippen MR) is 73.1 cm³/mol. The first kappa shape index (κ1) is 13.1. The average molecular weight is 260 g/mol. The normalized spacial score (nSPS) is 10.5. The lowest BCUT2D eigenvalue weighted by Gasteiger charge is -2.09. The van der Waals surface area contributed by atoms with Crippen LogP contribution in [-0.2, 0) is 6.42 Å². The lowest BCUT2D eigenvalue weighted by Crippen LogP contribution is -2.25. The van der Waals surface area contributed by atoms with Crippen molar-refractivity contribution in [3.63, 3.8) is 0 Å². The van der Waals surface area contributed by atoms with Crippen LogP contribution in [0.4, 0.5) is 0 Å². The Labute approximate surface area is 110 Å². The summed E-state index contributed by atoms with van der Waals surface area (Å²) >= 11 is 0. The van der Waals surface area contributed by atoms with Crippen LogP contribution in [-0.4, -0.2) is 9.97 Å². The second-order valence-corrected chi connectivity index (χ2v) is 4.49. The number of aromatic amines is 2. The predicted octanol–water partition coefficient (Wildman–Crippen LogP) is 2.03. The number of aromatic nitrogens is 2. The Hall–Kier alpha value is -2.30. The molecular formula is C14H16N2O3. The number of ether oxygens (including phenoxy) is 1. The molecule has 0 bridgehead atoms. The highest BCUT2D eigenvalue weighted by atomic mass is 16.5. The van der Waals surface area contributed by atoms with Crippen LogP contribution in [0.15, 0.2) is 27.8 Å². The summed E-state index contributed by atoms with van der Waals surface area (Å²) in [5.41, 5.74) is 1.56. The van der Waals surface area contributed by atoms with Gasteiger partial charge in [-0.2, -0.15) is 0 Å². The second-order valence-electron chi connectivity index (χ2n) is 4.49. The minimum atomic E-state index is -0.568. The van der Waals surface area contributed by atoms with Gasteiger partial charge in [0.05, 0.1) is 5.56 Å². The van der Waals surface area contributed by atoms with Gasteiger partial charge in [-0.15, -0.1) is 0 Å². The third-order valence-corrected chi connectivity index (χ3v) is 2.77. The van der Waals surface area contributed by atoms with Gasteiger partial charge in [0.25, 0.3) is 5.56 Å². The summed E-state index contributed by atoms with van der Waals surface area (Å²) < 4.78 is 5.65. The van der Waals surface area contributed by atoms with Crippen LogP contribution in [0.5, 0.6) is 11.6 Å². The molecule has 19 heavy (non-hydrogen) atoms. The van der Waals surface area contributed by atoms with E-state index in [1.807, 2.05) is 39.0 Å². The second kappa shape index (κ2) is 5.14. The Kier molecular flexibility index (Phi) is 3.55. The zero-order chi connectivity index (χ0) is 14.0. The summed E-state index contributed by atoms with van der Waals surface area (Å²) in [5.74, 6) is 0.815. The quantitative estimate of drug-likeness (QED) is 0.886. The number of benzene rings is 1. The Morgan fingerprint density at radius 1 is 1.05 bits per heavy atom. The maximum Gasteiger partial charge on any atom is 0.328 e. The van der Waals surface area contributed by atoms with Crippen LogP contribution in [0.3, 0.4) is 0 Å². The molecule has 1 heterocycles. The summed E-state index contributed by atoms with van der Waals surface area (Å²) in [6, 6.07) is 5.73. The van der Waals surface area contributed by atoms with Gasteiger partial charge in [0.15, 0.2) is 0 Å². The molecule has 5 heteroatoms. The molecule has 2 aromatic rings. The monoisotopic (exact) mass is 260 g/mol. The lowest BCUT2D eigenvalue weighted by atomic mass is 10.1. The highest BCUT2D eigenvalue weighted by Gasteiger charge is 2.10. The largest absolute Gasteiger partial charge is 0.440 e. The van der Waals surface area contributed by atoms with Crippen LogP contribution >= 0.6 is 0 Å². The standard InChI is InChI=1S/C14H16N2O3/c1-4-11-12(17)15-14(18)16-13(11)19-10-6-8(2)5-9(3)7-10/h5-7H,4H2,1-3H3,(H2,15,16,17,18). The fourth-order valence-corrected chi connectivity index (χ4v) is 2.01. The summed E-state index contributed by atoms with van der Waals surface area (Å²) in [7, 11) is 0. The van der Waals surface area contributed by atoms with Crippen LogP contribution in [0.25, 0.3) is 0 Å². The van der Waals surface area contributed by atoms with Crippen LogP contribution < -0.4 is 16.0 Å². The first-order valence-electron chi connectivity index (χ1n) is 6.11. The Morgan fingerprint density at radius 2 is 1.68 bits per heavy atom. The van der Waals surface area contributed by atoms with Gasteiger partial charge in [-0.1, -0.05) is 13.0 Å². The smallest absolute Gasteiger partial charge is 0.328 e. The van der Waals surface area contributed by atoms with Gasteiger partial charge in [0, 0.05) is 0 Å². The third-order valence-electron chi connectivity index (χ3n) is 2.77. The molecule has 0 saturated heterocycles. The fraction of sp³-hybridized carbons (Fsp3) is 0.286. The van der Waals surface area contributed by atoms with Crippen molar-refractivity contribution in [2.45, 2.75) is 27.2 Å². The number of rotatable bonds is 3. The molecule has 0 saturated carbocycles. The molecule has 0 fully saturated rings. The van der Waals surface area contributed by atoms with Gasteiger partial charge in [0.2, 0.25) is 5.88 Å². The first-order valence-corrected chi connectivity index (χ1v) is 6.11. The minimum absolute atomic E-state index is 0.209. The van der Waals surface area contributed by atoms with E-state index in [0.29, 0.717) is 17.7 Å². The van der Waals surface area contributed by atoms with E-state index in [9.17, 15) is 9.59 Å². The number of H-pyrrole nitrogens is 2. The molecule has 0 aliphatic heterocycles. The zero-order valence-electron chi connectivity index (χ0n) is 11.2.